The highest BCUT2D eigenvalue weighted by atomic mass is 35.5. The van der Waals surface area contributed by atoms with Crippen LogP contribution < -0.4 is 11.1 Å². The third-order valence-corrected chi connectivity index (χ3v) is 3.12. The van der Waals surface area contributed by atoms with E-state index in [1.165, 1.54) is 12.1 Å². The molecule has 0 fully saturated rings. The number of nitrogens with one attached hydrogen (secondary N) is 1. The first kappa shape index (κ1) is 14.6. The second-order valence-corrected chi connectivity index (χ2v) is 5.26. The Bertz CT molecular complexity index is 653. The van der Waals surface area contributed by atoms with Crippen molar-refractivity contribution >= 4 is 34.5 Å². The lowest BCUT2D eigenvalue weighted by atomic mass is 10.3. The van der Waals surface area contributed by atoms with Gasteiger partial charge in [0.2, 0.25) is 11.9 Å². The second kappa shape index (κ2) is 5.66. The molecule has 0 spiro atoms. The maximum absolute atomic E-state index is 13.5. The summed E-state index contributed by atoms with van der Waals surface area (Å²) in [5.74, 6) is -0.387. The lowest BCUT2D eigenvalue weighted by Gasteiger charge is -2.10. The zero-order valence-electron chi connectivity index (χ0n) is 11.3. The highest BCUT2D eigenvalue weighted by Gasteiger charge is 2.13. The van der Waals surface area contributed by atoms with Crippen molar-refractivity contribution in [2.45, 2.75) is 32.9 Å². The van der Waals surface area contributed by atoms with Crippen LogP contribution in [0.2, 0.25) is 5.02 Å². The minimum absolute atomic E-state index is 0.000277. The maximum Gasteiger partial charge on any atom is 0.221 e. The normalized spacial score (nSPS) is 11.2. The van der Waals surface area contributed by atoms with Crippen molar-refractivity contribution in [1.82, 2.24) is 14.9 Å². The Balaban J connectivity index is 2.23. The predicted molar refractivity (Wildman–Crippen MR) is 77.0 cm³/mol. The average Bonchev–Trinajstić information content (AvgIpc) is 2.62. The molecule has 108 valence electrons. The third-order valence-electron chi connectivity index (χ3n) is 2.83. The fourth-order valence-electron chi connectivity index (χ4n) is 1.98. The number of fused-ring (bicyclic) bond motifs is 1. The van der Waals surface area contributed by atoms with E-state index in [1.807, 2.05) is 13.8 Å². The van der Waals surface area contributed by atoms with Gasteiger partial charge in [0.25, 0.3) is 0 Å². The molecule has 0 atom stereocenters. The van der Waals surface area contributed by atoms with E-state index in [0.29, 0.717) is 17.6 Å². The Hall–Kier alpha value is -1.82. The molecular weight excluding hydrogens is 283 g/mol. The van der Waals surface area contributed by atoms with Gasteiger partial charge in [0.15, 0.2) is 0 Å². The topological polar surface area (TPSA) is 72.9 Å². The summed E-state index contributed by atoms with van der Waals surface area (Å²) in [5.41, 5.74) is 6.84. The number of carbonyl (C=O) groups is 1. The van der Waals surface area contributed by atoms with Gasteiger partial charge in [-0.1, -0.05) is 11.6 Å². The first-order valence-electron chi connectivity index (χ1n) is 6.28. The molecule has 0 saturated carbocycles. The molecule has 1 aromatic carbocycles. The molecule has 0 aliphatic carbocycles. The number of nitrogens with zero attached hydrogens (tertiary/aromatic N) is 2. The van der Waals surface area contributed by atoms with Crippen LogP contribution in [-0.4, -0.2) is 21.5 Å². The molecule has 3 N–H and O–H groups in total. The number of nitrogen functional groups attached to an aromatic ring is 1. The minimum Gasteiger partial charge on any atom is -0.369 e. The molecule has 2 rings (SSSR count). The molecule has 7 heteroatoms. The Morgan fingerprint density at radius 3 is 2.90 bits per heavy atom. The van der Waals surface area contributed by atoms with Crippen LogP contribution in [-0.2, 0) is 11.3 Å². The number of aromatic nitrogens is 2. The van der Waals surface area contributed by atoms with Crippen molar-refractivity contribution in [1.29, 1.82) is 0 Å². The molecule has 0 bridgehead atoms. The van der Waals surface area contributed by atoms with Gasteiger partial charge >= 0.3 is 0 Å². The van der Waals surface area contributed by atoms with Gasteiger partial charge in [-0.25, -0.2) is 9.37 Å². The first-order chi connectivity index (χ1) is 9.38. The zero-order valence-corrected chi connectivity index (χ0v) is 12.0. The zero-order chi connectivity index (χ0) is 14.9. The number of anilines is 1. The summed E-state index contributed by atoms with van der Waals surface area (Å²) in [4.78, 5) is 15.7. The number of benzene rings is 1. The quantitative estimate of drug-likeness (QED) is 0.910. The number of halogens is 2. The van der Waals surface area contributed by atoms with Crippen LogP contribution in [0.4, 0.5) is 10.3 Å². The van der Waals surface area contributed by atoms with Crippen LogP contribution >= 0.6 is 11.6 Å². The standard InChI is InChI=1S/C13H16ClFN4O/c1-7(2)17-12(20)3-4-19-11-6-9(15)8(14)5-10(11)18-13(19)16/h5-7H,3-4H2,1-2H3,(H2,16,18)(H,17,20). The summed E-state index contributed by atoms with van der Waals surface area (Å²) < 4.78 is 15.1. The molecule has 20 heavy (non-hydrogen) atoms. The van der Waals surface area contributed by atoms with E-state index >= 15 is 0 Å². The van der Waals surface area contributed by atoms with E-state index in [-0.39, 0.29) is 29.3 Å². The molecule has 0 saturated heterocycles. The molecule has 2 aromatic rings. The van der Waals surface area contributed by atoms with E-state index in [1.54, 1.807) is 4.57 Å². The average molecular weight is 299 g/mol. The van der Waals surface area contributed by atoms with Crippen LogP contribution in [0, 0.1) is 5.82 Å². The van der Waals surface area contributed by atoms with Crippen LogP contribution in [0.25, 0.3) is 11.0 Å². The highest BCUT2D eigenvalue weighted by Crippen LogP contribution is 2.24. The molecule has 1 heterocycles. The van der Waals surface area contributed by atoms with Crippen molar-refractivity contribution < 1.29 is 9.18 Å². The lowest BCUT2D eigenvalue weighted by Crippen LogP contribution is -2.30. The SMILES string of the molecule is CC(C)NC(=O)CCn1c(N)nc2cc(Cl)c(F)cc21. The van der Waals surface area contributed by atoms with Gasteiger partial charge in [-0.3, -0.25) is 4.79 Å². The fraction of sp³-hybridized carbons (Fsp3) is 0.385. The largest absolute Gasteiger partial charge is 0.369 e. The van der Waals surface area contributed by atoms with Gasteiger partial charge in [0, 0.05) is 25.1 Å². The number of hydrogen-bond donors (Lipinski definition) is 2. The Morgan fingerprint density at radius 1 is 1.55 bits per heavy atom. The van der Waals surface area contributed by atoms with Gasteiger partial charge in [-0.05, 0) is 19.9 Å². The predicted octanol–water partition coefficient (Wildman–Crippen LogP) is 2.33. The number of rotatable bonds is 4. The molecule has 5 nitrogen and oxygen atoms in total. The Morgan fingerprint density at radius 2 is 2.25 bits per heavy atom. The number of amides is 1. The third kappa shape index (κ3) is 3.01. The number of nitrogens with two attached hydrogens (primary N) is 1. The molecule has 1 amide bonds. The van der Waals surface area contributed by atoms with Gasteiger partial charge in [0.1, 0.15) is 5.82 Å². The number of hydrogen-bond acceptors (Lipinski definition) is 3. The van der Waals surface area contributed by atoms with E-state index < -0.39 is 5.82 Å². The van der Waals surface area contributed by atoms with Gasteiger partial charge in [0.05, 0.1) is 16.1 Å². The van der Waals surface area contributed by atoms with E-state index in [0.717, 1.165) is 0 Å². The van der Waals surface area contributed by atoms with E-state index in [9.17, 15) is 9.18 Å². The Labute approximate surface area is 120 Å². The van der Waals surface area contributed by atoms with Crippen LogP contribution in [0.3, 0.4) is 0 Å². The fourth-order valence-corrected chi connectivity index (χ4v) is 2.14. The molecule has 0 aliphatic heterocycles. The lowest BCUT2D eigenvalue weighted by molar-refractivity contribution is -0.121. The highest BCUT2D eigenvalue weighted by molar-refractivity contribution is 6.31. The first-order valence-corrected chi connectivity index (χ1v) is 6.66. The van der Waals surface area contributed by atoms with Gasteiger partial charge in [-0.15, -0.1) is 0 Å². The summed E-state index contributed by atoms with van der Waals surface area (Å²) in [5, 5.41) is 2.78. The van der Waals surface area contributed by atoms with Crippen LogP contribution in [0.15, 0.2) is 12.1 Å². The van der Waals surface area contributed by atoms with E-state index in [2.05, 4.69) is 10.3 Å². The van der Waals surface area contributed by atoms with E-state index in [4.69, 9.17) is 17.3 Å². The number of carbonyl (C=O) groups excluding carboxylic acids is 1. The summed E-state index contributed by atoms with van der Waals surface area (Å²) in [6.07, 6.45) is 0.248. The number of aryl methyl sites for hydroxylation is 1. The maximum atomic E-state index is 13.5. The smallest absolute Gasteiger partial charge is 0.221 e. The van der Waals surface area contributed by atoms with Crippen molar-refractivity contribution in [3.63, 3.8) is 0 Å². The van der Waals surface area contributed by atoms with Crippen LogP contribution in [0.1, 0.15) is 20.3 Å². The van der Waals surface area contributed by atoms with Crippen molar-refractivity contribution in [3.8, 4) is 0 Å². The summed E-state index contributed by atoms with van der Waals surface area (Å²) in [7, 11) is 0. The van der Waals surface area contributed by atoms with Crippen molar-refractivity contribution in [2.75, 3.05) is 5.73 Å². The number of imidazole rings is 1. The summed E-state index contributed by atoms with van der Waals surface area (Å²) in [6.45, 7) is 4.11. The van der Waals surface area contributed by atoms with Crippen LogP contribution in [0.5, 0.6) is 0 Å². The molecule has 0 aliphatic rings. The summed E-state index contributed by atoms with van der Waals surface area (Å²) in [6, 6.07) is 2.78. The monoisotopic (exact) mass is 298 g/mol. The summed E-state index contributed by atoms with van der Waals surface area (Å²) >= 11 is 5.70. The molecule has 0 unspecified atom stereocenters. The Kier molecular flexibility index (Phi) is 4.13. The van der Waals surface area contributed by atoms with Gasteiger partial charge in [-0.2, -0.15) is 0 Å². The molecule has 0 radical (unpaired) electrons. The minimum atomic E-state index is -0.535. The molecule has 1 aromatic heterocycles. The van der Waals surface area contributed by atoms with Crippen molar-refractivity contribution in [2.24, 2.45) is 0 Å². The van der Waals surface area contributed by atoms with Crippen molar-refractivity contribution in [3.05, 3.63) is 23.0 Å². The molecular formula is C13H16ClFN4O. The van der Waals surface area contributed by atoms with Gasteiger partial charge < -0.3 is 15.6 Å². The second-order valence-electron chi connectivity index (χ2n) is 4.85.